The normalized spacial score (nSPS) is 10.5. The van der Waals surface area contributed by atoms with E-state index in [9.17, 15) is 14.5 Å². The second-order valence-corrected chi connectivity index (χ2v) is 5.18. The number of aromatic nitrogens is 1. The monoisotopic (exact) mass is 300 g/mol. The van der Waals surface area contributed by atoms with E-state index in [1.54, 1.807) is 35.7 Å². The Hall–Kier alpha value is -2.60. The van der Waals surface area contributed by atoms with E-state index in [1.807, 2.05) is 0 Å². The van der Waals surface area contributed by atoms with Crippen molar-refractivity contribution in [3.8, 4) is 21.8 Å². The summed E-state index contributed by atoms with van der Waals surface area (Å²) in [6, 6.07) is 12.6. The number of rotatable bonds is 3. The number of non-ortho nitro benzene ring substituents is 1. The van der Waals surface area contributed by atoms with E-state index in [4.69, 9.17) is 0 Å². The standard InChI is InChI=1S/C15H9FN2O2S/c16-13-7-2-1-6-12(13)14-9-21-15(17-14)10-4-3-5-11(8-10)18(19)20/h1-9H. The second kappa shape index (κ2) is 5.41. The van der Waals surface area contributed by atoms with E-state index < -0.39 is 4.92 Å². The van der Waals surface area contributed by atoms with Gasteiger partial charge in [0, 0.05) is 28.6 Å². The molecule has 0 aliphatic heterocycles. The highest BCUT2D eigenvalue weighted by molar-refractivity contribution is 7.13. The topological polar surface area (TPSA) is 56.0 Å². The van der Waals surface area contributed by atoms with Crippen molar-refractivity contribution in [2.24, 2.45) is 0 Å². The van der Waals surface area contributed by atoms with Gasteiger partial charge in [-0.3, -0.25) is 10.1 Å². The number of nitrogens with zero attached hydrogens (tertiary/aromatic N) is 2. The first-order chi connectivity index (χ1) is 10.1. The van der Waals surface area contributed by atoms with Crippen molar-refractivity contribution in [2.45, 2.75) is 0 Å². The summed E-state index contributed by atoms with van der Waals surface area (Å²) in [5.41, 5.74) is 1.61. The average Bonchev–Trinajstić information content (AvgIpc) is 2.97. The highest BCUT2D eigenvalue weighted by atomic mass is 32.1. The van der Waals surface area contributed by atoms with Crippen molar-refractivity contribution in [3.63, 3.8) is 0 Å². The van der Waals surface area contributed by atoms with Crippen LogP contribution in [0.4, 0.5) is 10.1 Å². The summed E-state index contributed by atoms with van der Waals surface area (Å²) in [5, 5.41) is 13.2. The Morgan fingerprint density at radius 3 is 2.71 bits per heavy atom. The molecule has 0 unspecified atom stereocenters. The molecule has 0 spiro atoms. The molecule has 1 aromatic heterocycles. The molecule has 0 atom stereocenters. The summed E-state index contributed by atoms with van der Waals surface area (Å²) in [6.45, 7) is 0. The molecule has 0 N–H and O–H groups in total. The fourth-order valence-electron chi connectivity index (χ4n) is 1.95. The largest absolute Gasteiger partial charge is 0.270 e. The first-order valence-electron chi connectivity index (χ1n) is 6.10. The van der Waals surface area contributed by atoms with Crippen molar-refractivity contribution in [3.05, 3.63) is 69.8 Å². The third-order valence-corrected chi connectivity index (χ3v) is 3.85. The van der Waals surface area contributed by atoms with Crippen molar-refractivity contribution in [1.82, 2.24) is 4.98 Å². The van der Waals surface area contributed by atoms with Gasteiger partial charge in [-0.15, -0.1) is 11.3 Å². The van der Waals surface area contributed by atoms with Crippen molar-refractivity contribution in [2.75, 3.05) is 0 Å². The van der Waals surface area contributed by atoms with Crippen molar-refractivity contribution in [1.29, 1.82) is 0 Å². The summed E-state index contributed by atoms with van der Waals surface area (Å²) >= 11 is 1.33. The number of hydrogen-bond donors (Lipinski definition) is 0. The first kappa shape index (κ1) is 13.4. The molecule has 3 aromatic rings. The summed E-state index contributed by atoms with van der Waals surface area (Å²) in [5.74, 6) is -0.339. The summed E-state index contributed by atoms with van der Waals surface area (Å²) in [4.78, 5) is 14.7. The maximum Gasteiger partial charge on any atom is 0.270 e. The fraction of sp³-hybridized carbons (Fsp3) is 0. The summed E-state index contributed by atoms with van der Waals surface area (Å²) in [7, 11) is 0. The molecule has 0 fully saturated rings. The van der Waals surface area contributed by atoms with E-state index in [2.05, 4.69) is 4.98 Å². The lowest BCUT2D eigenvalue weighted by Gasteiger charge is -1.98. The Bertz CT molecular complexity index is 817. The van der Waals surface area contributed by atoms with Gasteiger partial charge in [-0.05, 0) is 12.1 Å². The SMILES string of the molecule is O=[N+]([O-])c1cccc(-c2nc(-c3ccccc3F)cs2)c1. The van der Waals surface area contributed by atoms with Gasteiger partial charge in [0.2, 0.25) is 0 Å². The van der Waals surface area contributed by atoms with E-state index >= 15 is 0 Å². The molecular formula is C15H9FN2O2S. The molecule has 0 bridgehead atoms. The van der Waals surface area contributed by atoms with Crippen LogP contribution in [-0.4, -0.2) is 9.91 Å². The van der Waals surface area contributed by atoms with Crippen LogP contribution in [0.1, 0.15) is 0 Å². The predicted octanol–water partition coefficient (Wildman–Crippen LogP) is 4.52. The maximum atomic E-state index is 13.7. The van der Waals surface area contributed by atoms with Crippen LogP contribution in [0.2, 0.25) is 0 Å². The Morgan fingerprint density at radius 2 is 1.95 bits per heavy atom. The van der Waals surface area contributed by atoms with Crippen LogP contribution in [-0.2, 0) is 0 Å². The molecule has 104 valence electrons. The molecular weight excluding hydrogens is 291 g/mol. The zero-order valence-corrected chi connectivity index (χ0v) is 11.5. The van der Waals surface area contributed by atoms with Crippen LogP contribution in [0.15, 0.2) is 53.9 Å². The van der Waals surface area contributed by atoms with E-state index in [0.29, 0.717) is 21.8 Å². The van der Waals surface area contributed by atoms with Gasteiger partial charge in [0.05, 0.1) is 10.6 Å². The minimum absolute atomic E-state index is 0.00939. The quantitative estimate of drug-likeness (QED) is 0.527. The second-order valence-electron chi connectivity index (χ2n) is 4.33. The van der Waals surface area contributed by atoms with Gasteiger partial charge in [-0.25, -0.2) is 9.37 Å². The zero-order valence-electron chi connectivity index (χ0n) is 10.7. The molecule has 4 nitrogen and oxygen atoms in total. The third-order valence-electron chi connectivity index (χ3n) is 2.96. The molecule has 0 radical (unpaired) electrons. The molecule has 0 amide bonds. The van der Waals surface area contributed by atoms with Gasteiger partial charge < -0.3 is 0 Å². The minimum atomic E-state index is -0.450. The summed E-state index contributed by atoms with van der Waals surface area (Å²) in [6.07, 6.45) is 0. The van der Waals surface area contributed by atoms with Gasteiger partial charge >= 0.3 is 0 Å². The van der Waals surface area contributed by atoms with E-state index in [0.717, 1.165) is 0 Å². The molecule has 0 saturated carbocycles. The number of benzene rings is 2. The average molecular weight is 300 g/mol. The highest BCUT2D eigenvalue weighted by Gasteiger charge is 2.12. The molecule has 0 aliphatic carbocycles. The molecule has 6 heteroatoms. The van der Waals surface area contributed by atoms with Crippen LogP contribution < -0.4 is 0 Å². The lowest BCUT2D eigenvalue weighted by Crippen LogP contribution is -1.88. The van der Waals surface area contributed by atoms with E-state index in [-0.39, 0.29) is 11.5 Å². The van der Waals surface area contributed by atoms with Crippen molar-refractivity contribution < 1.29 is 9.31 Å². The lowest BCUT2D eigenvalue weighted by atomic mass is 10.1. The Kier molecular flexibility index (Phi) is 3.45. The number of thiazole rings is 1. The van der Waals surface area contributed by atoms with Crippen LogP contribution in [0.3, 0.4) is 0 Å². The van der Waals surface area contributed by atoms with Crippen LogP contribution in [0.5, 0.6) is 0 Å². The molecule has 2 aromatic carbocycles. The molecule has 0 saturated heterocycles. The summed E-state index contributed by atoms with van der Waals surface area (Å²) < 4.78 is 13.7. The number of halogens is 1. The number of nitro groups is 1. The Balaban J connectivity index is 2.01. The van der Waals surface area contributed by atoms with Gasteiger partial charge in [-0.2, -0.15) is 0 Å². The molecule has 0 aliphatic rings. The van der Waals surface area contributed by atoms with Crippen LogP contribution >= 0.6 is 11.3 Å². The predicted molar refractivity (Wildman–Crippen MR) is 79.6 cm³/mol. The fourth-order valence-corrected chi connectivity index (χ4v) is 2.77. The Morgan fingerprint density at radius 1 is 1.14 bits per heavy atom. The lowest BCUT2D eigenvalue weighted by molar-refractivity contribution is -0.384. The minimum Gasteiger partial charge on any atom is -0.258 e. The highest BCUT2D eigenvalue weighted by Crippen LogP contribution is 2.31. The van der Waals surface area contributed by atoms with Gasteiger partial charge in [0.15, 0.2) is 0 Å². The maximum absolute atomic E-state index is 13.7. The van der Waals surface area contributed by atoms with Gasteiger partial charge in [-0.1, -0.05) is 24.3 Å². The van der Waals surface area contributed by atoms with Crippen LogP contribution in [0, 0.1) is 15.9 Å². The molecule has 1 heterocycles. The molecule has 3 rings (SSSR count). The van der Waals surface area contributed by atoms with Gasteiger partial charge in [0.1, 0.15) is 10.8 Å². The van der Waals surface area contributed by atoms with E-state index in [1.165, 1.54) is 29.5 Å². The van der Waals surface area contributed by atoms with Crippen molar-refractivity contribution >= 4 is 17.0 Å². The molecule has 21 heavy (non-hydrogen) atoms. The number of nitro benzene ring substituents is 1. The number of hydrogen-bond acceptors (Lipinski definition) is 4. The third kappa shape index (κ3) is 2.66. The first-order valence-corrected chi connectivity index (χ1v) is 6.98. The Labute approximate surface area is 123 Å². The zero-order chi connectivity index (χ0) is 14.8. The van der Waals surface area contributed by atoms with Gasteiger partial charge in [0.25, 0.3) is 5.69 Å². The van der Waals surface area contributed by atoms with Crippen LogP contribution in [0.25, 0.3) is 21.8 Å². The smallest absolute Gasteiger partial charge is 0.258 e.